The van der Waals surface area contributed by atoms with E-state index in [1.165, 1.54) is 6.20 Å². The van der Waals surface area contributed by atoms with Gasteiger partial charge in [-0.25, -0.2) is 4.98 Å². The number of carboxylic acid groups (broad SMARTS) is 1. The molecule has 1 atom stereocenters. The second-order valence-corrected chi connectivity index (χ2v) is 9.58. The van der Waals surface area contributed by atoms with Gasteiger partial charge in [-0.05, 0) is 55.0 Å². The highest BCUT2D eigenvalue weighted by atomic mass is 35.5. The van der Waals surface area contributed by atoms with Gasteiger partial charge < -0.3 is 14.4 Å². The molecule has 2 heterocycles. The van der Waals surface area contributed by atoms with Crippen LogP contribution < -0.4 is 0 Å². The van der Waals surface area contributed by atoms with Gasteiger partial charge in [0.25, 0.3) is 0 Å². The van der Waals surface area contributed by atoms with Gasteiger partial charge in [0.05, 0.1) is 12.2 Å². The number of ether oxygens (including phenoxy) is 1. The molecule has 0 amide bonds. The molecule has 0 radical (unpaired) electrons. The molecular weight excluding hydrogens is 489 g/mol. The molecule has 0 fully saturated rings. The van der Waals surface area contributed by atoms with Crippen LogP contribution in [-0.2, 0) is 29.6 Å². The predicted molar refractivity (Wildman–Crippen MR) is 135 cm³/mol. The third-order valence-electron chi connectivity index (χ3n) is 5.76. The fourth-order valence-corrected chi connectivity index (χ4v) is 4.77. The Morgan fingerprint density at radius 1 is 1.17 bits per heavy atom. The van der Waals surface area contributed by atoms with Gasteiger partial charge in [0, 0.05) is 59.4 Å². The Morgan fingerprint density at radius 3 is 2.54 bits per heavy atom. The zero-order chi connectivity index (χ0) is 25.5. The average Bonchev–Trinajstić information content (AvgIpc) is 3.05. The third-order valence-corrected chi connectivity index (χ3v) is 6.19. The Morgan fingerprint density at radius 2 is 1.89 bits per heavy atom. The van der Waals surface area contributed by atoms with Crippen LogP contribution in [0.5, 0.6) is 0 Å². The Kier molecular flexibility index (Phi) is 9.27. The van der Waals surface area contributed by atoms with Crippen molar-refractivity contribution in [2.45, 2.75) is 45.6 Å². The number of rotatable bonds is 12. The van der Waals surface area contributed by atoms with Crippen molar-refractivity contribution in [1.82, 2.24) is 9.55 Å². The minimum absolute atomic E-state index is 0.0806. The van der Waals surface area contributed by atoms with Crippen LogP contribution in [0.25, 0.3) is 11.0 Å². The van der Waals surface area contributed by atoms with Crippen LogP contribution in [0.4, 0.5) is 0 Å². The van der Waals surface area contributed by atoms with Crippen LogP contribution in [-0.4, -0.2) is 33.0 Å². The van der Waals surface area contributed by atoms with Crippen molar-refractivity contribution in [2.75, 3.05) is 6.61 Å². The van der Waals surface area contributed by atoms with Gasteiger partial charge in [0.1, 0.15) is 11.7 Å². The molecule has 0 bridgehead atoms. The topological polar surface area (TPSA) is 105 Å². The molecule has 1 aromatic carbocycles. The lowest BCUT2D eigenvalue weighted by atomic mass is 9.94. The summed E-state index contributed by atoms with van der Waals surface area (Å²) >= 11 is 12.0. The van der Waals surface area contributed by atoms with Crippen molar-refractivity contribution in [3.8, 4) is 6.07 Å². The van der Waals surface area contributed by atoms with E-state index in [-0.39, 0.29) is 24.5 Å². The summed E-state index contributed by atoms with van der Waals surface area (Å²) in [6, 6.07) is 9.06. The van der Waals surface area contributed by atoms with Crippen LogP contribution in [0.15, 0.2) is 30.5 Å². The Balaban J connectivity index is 1.71. The molecule has 9 heteroatoms. The van der Waals surface area contributed by atoms with Crippen LogP contribution in [0.1, 0.15) is 59.8 Å². The summed E-state index contributed by atoms with van der Waals surface area (Å²) in [5.41, 5.74) is 3.26. The number of aromatic nitrogens is 2. The summed E-state index contributed by atoms with van der Waals surface area (Å²) in [5.74, 6) is -1.37. The fourth-order valence-electron chi connectivity index (χ4n) is 4.19. The number of aryl methyl sites for hydroxylation is 1. The van der Waals surface area contributed by atoms with Gasteiger partial charge in [0.2, 0.25) is 0 Å². The number of nitriles is 1. The smallest absolute Gasteiger partial charge is 0.303 e. The van der Waals surface area contributed by atoms with Crippen molar-refractivity contribution in [3.63, 3.8) is 0 Å². The van der Waals surface area contributed by atoms with E-state index in [0.717, 1.165) is 24.1 Å². The van der Waals surface area contributed by atoms with Gasteiger partial charge in [-0.15, -0.1) is 0 Å². The number of fused-ring (bicyclic) bond motifs is 1. The molecule has 0 spiro atoms. The lowest BCUT2D eigenvalue weighted by molar-refractivity contribution is -0.137. The minimum Gasteiger partial charge on any atom is -0.481 e. The third kappa shape index (κ3) is 7.04. The number of hydrogen-bond donors (Lipinski definition) is 1. The number of carbonyl (C=O) groups is 2. The molecule has 2 aromatic heterocycles. The highest BCUT2D eigenvalue weighted by Crippen LogP contribution is 2.29. The lowest BCUT2D eigenvalue weighted by Gasteiger charge is -2.11. The number of Topliss-reactive ketones (excluding diaryl/α,β-unsaturated/α-hetero) is 1. The first kappa shape index (κ1) is 26.7. The second-order valence-electron chi connectivity index (χ2n) is 8.71. The first-order valence-electron chi connectivity index (χ1n) is 11.3. The molecule has 0 aliphatic heterocycles. The van der Waals surface area contributed by atoms with Gasteiger partial charge in [0.15, 0.2) is 5.78 Å². The molecule has 0 aliphatic rings. The maximum atomic E-state index is 13.3. The molecule has 0 saturated carbocycles. The molecule has 0 saturated heterocycles. The number of hydrogen-bond acceptors (Lipinski definition) is 5. The first-order valence-corrected chi connectivity index (χ1v) is 12.1. The summed E-state index contributed by atoms with van der Waals surface area (Å²) in [6.45, 7) is 2.68. The maximum Gasteiger partial charge on any atom is 0.303 e. The number of nitrogens with zero attached hydrogens (tertiary/aromatic N) is 3. The number of aliphatic carboxylic acids is 1. The van der Waals surface area contributed by atoms with Crippen LogP contribution in [0, 0.1) is 17.2 Å². The van der Waals surface area contributed by atoms with E-state index in [0.29, 0.717) is 51.8 Å². The number of halogens is 2. The minimum atomic E-state index is -0.933. The number of carboxylic acids is 1. The molecular formula is C26H27Cl2N3O4. The first-order chi connectivity index (χ1) is 16.7. The molecule has 1 N–H and O–H groups in total. The SMILES string of the molecule is C[C@@H](CC(=O)O)CC(=O)c1c(CCCCOCc2cc(Cl)cc(Cl)c2)n(C)c2ncc(C#N)cc12. The Labute approximate surface area is 214 Å². The van der Waals surface area contributed by atoms with E-state index in [4.69, 9.17) is 33.0 Å². The summed E-state index contributed by atoms with van der Waals surface area (Å²) < 4.78 is 7.65. The highest BCUT2D eigenvalue weighted by Gasteiger charge is 2.24. The largest absolute Gasteiger partial charge is 0.481 e. The Hall–Kier alpha value is -2.92. The molecule has 35 heavy (non-hydrogen) atoms. The summed E-state index contributed by atoms with van der Waals surface area (Å²) in [7, 11) is 1.85. The van der Waals surface area contributed by atoms with Crippen LogP contribution >= 0.6 is 23.2 Å². The van der Waals surface area contributed by atoms with Crippen molar-refractivity contribution in [3.05, 3.63) is 62.9 Å². The van der Waals surface area contributed by atoms with Gasteiger partial charge in [-0.1, -0.05) is 30.1 Å². The number of pyridine rings is 1. The van der Waals surface area contributed by atoms with E-state index in [1.807, 2.05) is 23.7 Å². The Bertz CT molecular complexity index is 1260. The van der Waals surface area contributed by atoms with Gasteiger partial charge in [-0.2, -0.15) is 5.26 Å². The van der Waals surface area contributed by atoms with Crippen molar-refractivity contribution < 1.29 is 19.4 Å². The van der Waals surface area contributed by atoms with Crippen molar-refractivity contribution in [1.29, 1.82) is 5.26 Å². The zero-order valence-electron chi connectivity index (χ0n) is 19.7. The number of benzene rings is 1. The monoisotopic (exact) mass is 515 g/mol. The van der Waals surface area contributed by atoms with E-state index in [9.17, 15) is 14.9 Å². The average molecular weight is 516 g/mol. The molecule has 3 rings (SSSR count). The fraction of sp³-hybridized carbons (Fsp3) is 0.385. The number of unbranched alkanes of at least 4 members (excludes halogenated alkanes) is 1. The maximum absolute atomic E-state index is 13.3. The van der Waals surface area contributed by atoms with Crippen molar-refractivity contribution >= 4 is 46.0 Å². The summed E-state index contributed by atoms with van der Waals surface area (Å²) in [6.07, 6.45) is 3.69. The van der Waals surface area contributed by atoms with E-state index < -0.39 is 5.97 Å². The predicted octanol–water partition coefficient (Wildman–Crippen LogP) is 5.97. The molecule has 7 nitrogen and oxygen atoms in total. The molecule has 0 aliphatic carbocycles. The molecule has 184 valence electrons. The van der Waals surface area contributed by atoms with Crippen molar-refractivity contribution in [2.24, 2.45) is 13.0 Å². The van der Waals surface area contributed by atoms with Gasteiger partial charge >= 0.3 is 5.97 Å². The van der Waals surface area contributed by atoms with E-state index in [2.05, 4.69) is 11.1 Å². The quantitative estimate of drug-likeness (QED) is 0.235. The number of carbonyl (C=O) groups excluding carboxylic acids is 1. The second kappa shape index (κ2) is 12.2. The lowest BCUT2D eigenvalue weighted by Crippen LogP contribution is -2.12. The van der Waals surface area contributed by atoms with Crippen LogP contribution in [0.2, 0.25) is 10.0 Å². The van der Waals surface area contributed by atoms with E-state index >= 15 is 0 Å². The van der Waals surface area contributed by atoms with E-state index in [1.54, 1.807) is 19.1 Å². The molecule has 0 unspecified atom stereocenters. The highest BCUT2D eigenvalue weighted by molar-refractivity contribution is 6.34. The standard InChI is InChI=1S/C26H27Cl2N3O4/c1-16(8-24(33)34)7-23(32)25-21-11-18(13-29)14-30-26(21)31(2)22(25)5-3-4-6-35-15-17-9-19(27)12-20(28)10-17/h9-12,14,16H,3-8,15H2,1-2H3,(H,33,34)/t16-/m1/s1. The number of ketones is 1. The van der Waals surface area contributed by atoms with Crippen LogP contribution in [0.3, 0.4) is 0 Å². The van der Waals surface area contributed by atoms with Gasteiger partial charge in [-0.3, -0.25) is 9.59 Å². The summed E-state index contributed by atoms with van der Waals surface area (Å²) in [4.78, 5) is 28.7. The summed E-state index contributed by atoms with van der Waals surface area (Å²) in [5, 5.41) is 20.1. The normalized spacial score (nSPS) is 12.0. The zero-order valence-corrected chi connectivity index (χ0v) is 21.2. The molecule has 3 aromatic rings.